The van der Waals surface area contributed by atoms with Crippen LogP contribution in [0.3, 0.4) is 0 Å². The van der Waals surface area contributed by atoms with Gasteiger partial charge in [0.1, 0.15) is 0 Å². The van der Waals surface area contributed by atoms with Crippen molar-refractivity contribution in [2.75, 3.05) is 19.8 Å². The quantitative estimate of drug-likeness (QED) is 0.669. The second-order valence-corrected chi connectivity index (χ2v) is 4.30. The Balaban J connectivity index is 1.99. The van der Waals surface area contributed by atoms with Gasteiger partial charge in [0, 0.05) is 32.2 Å². The van der Waals surface area contributed by atoms with E-state index in [0.717, 1.165) is 32.7 Å². The fraction of sp³-hybridized carbons (Fsp3) is 0.643. The highest BCUT2D eigenvalue weighted by Gasteiger charge is 1.96. The van der Waals surface area contributed by atoms with Gasteiger partial charge in [-0.05, 0) is 43.5 Å². The van der Waals surface area contributed by atoms with Crippen LogP contribution in [0.2, 0.25) is 0 Å². The van der Waals surface area contributed by atoms with Gasteiger partial charge in [0.2, 0.25) is 0 Å². The smallest absolute Gasteiger partial charge is 0.0478 e. The van der Waals surface area contributed by atoms with Gasteiger partial charge in [-0.3, -0.25) is 4.98 Å². The van der Waals surface area contributed by atoms with Crippen molar-refractivity contribution in [1.29, 1.82) is 0 Å². The zero-order chi connectivity index (χ0) is 12.3. The van der Waals surface area contributed by atoms with Gasteiger partial charge in [0.15, 0.2) is 0 Å². The van der Waals surface area contributed by atoms with E-state index in [1.165, 1.54) is 24.0 Å². The fourth-order valence-electron chi connectivity index (χ4n) is 1.55. The van der Waals surface area contributed by atoms with Crippen LogP contribution in [0.4, 0.5) is 0 Å². The molecule has 3 heteroatoms. The molecule has 0 amide bonds. The summed E-state index contributed by atoms with van der Waals surface area (Å²) >= 11 is 0. The summed E-state index contributed by atoms with van der Waals surface area (Å²) in [4.78, 5) is 4.13. The Hall–Kier alpha value is -0.930. The third kappa shape index (κ3) is 6.39. The third-order valence-corrected chi connectivity index (χ3v) is 2.75. The average molecular weight is 236 g/mol. The minimum absolute atomic E-state index is 0.860. The van der Waals surface area contributed by atoms with Gasteiger partial charge in [0.05, 0.1) is 0 Å². The topological polar surface area (TPSA) is 34.1 Å². The van der Waals surface area contributed by atoms with Crippen LogP contribution >= 0.6 is 0 Å². The first kappa shape index (κ1) is 14.1. The third-order valence-electron chi connectivity index (χ3n) is 2.75. The van der Waals surface area contributed by atoms with E-state index >= 15 is 0 Å². The van der Waals surface area contributed by atoms with Gasteiger partial charge in [-0.2, -0.15) is 0 Å². The minimum Gasteiger partial charge on any atom is -0.381 e. The predicted octanol–water partition coefficient (Wildman–Crippen LogP) is 2.69. The van der Waals surface area contributed by atoms with E-state index in [4.69, 9.17) is 4.74 Å². The van der Waals surface area contributed by atoms with Crippen molar-refractivity contribution in [1.82, 2.24) is 10.3 Å². The first-order valence-electron chi connectivity index (χ1n) is 6.52. The average Bonchev–Trinajstić information content (AvgIpc) is 2.35. The van der Waals surface area contributed by atoms with E-state index in [1.54, 1.807) is 0 Å². The summed E-state index contributed by atoms with van der Waals surface area (Å²) in [7, 11) is 0. The highest BCUT2D eigenvalue weighted by molar-refractivity contribution is 5.20. The van der Waals surface area contributed by atoms with E-state index in [0.29, 0.717) is 0 Å². The van der Waals surface area contributed by atoms with E-state index in [1.807, 2.05) is 18.5 Å². The van der Waals surface area contributed by atoms with Crippen molar-refractivity contribution >= 4 is 0 Å². The van der Waals surface area contributed by atoms with Crippen LogP contribution in [0, 0.1) is 6.92 Å². The number of aryl methyl sites for hydroxylation is 1. The molecule has 1 aromatic rings. The first-order valence-corrected chi connectivity index (χ1v) is 6.52. The van der Waals surface area contributed by atoms with Crippen LogP contribution in [0.5, 0.6) is 0 Å². The van der Waals surface area contributed by atoms with E-state index < -0.39 is 0 Å². The summed E-state index contributed by atoms with van der Waals surface area (Å²) in [6.45, 7) is 7.96. The Kier molecular flexibility index (Phi) is 7.60. The summed E-state index contributed by atoms with van der Waals surface area (Å²) < 4.78 is 5.50. The number of nitrogens with one attached hydrogen (secondary N) is 1. The number of rotatable bonds is 9. The maximum atomic E-state index is 5.50. The highest BCUT2D eigenvalue weighted by atomic mass is 16.5. The van der Waals surface area contributed by atoms with Gasteiger partial charge >= 0.3 is 0 Å². The molecule has 96 valence electrons. The Morgan fingerprint density at radius 1 is 1.29 bits per heavy atom. The van der Waals surface area contributed by atoms with Crippen molar-refractivity contribution in [3.05, 3.63) is 29.6 Å². The van der Waals surface area contributed by atoms with Crippen LogP contribution < -0.4 is 5.32 Å². The molecule has 1 aromatic heterocycles. The zero-order valence-electron chi connectivity index (χ0n) is 11.0. The summed E-state index contributed by atoms with van der Waals surface area (Å²) in [5, 5.41) is 3.41. The SMILES string of the molecule is CCCCOCCCNCc1cnccc1C. The number of aromatic nitrogens is 1. The second-order valence-electron chi connectivity index (χ2n) is 4.30. The molecule has 0 aliphatic carbocycles. The molecule has 0 aliphatic heterocycles. The number of hydrogen-bond donors (Lipinski definition) is 1. The number of ether oxygens (including phenoxy) is 1. The number of unbranched alkanes of at least 4 members (excludes halogenated alkanes) is 1. The van der Waals surface area contributed by atoms with Gasteiger partial charge in [-0.1, -0.05) is 13.3 Å². The molecular formula is C14H24N2O. The van der Waals surface area contributed by atoms with Crippen LogP contribution in [0.25, 0.3) is 0 Å². The molecule has 1 N–H and O–H groups in total. The molecule has 0 fully saturated rings. The Bertz CT molecular complexity index is 302. The number of hydrogen-bond acceptors (Lipinski definition) is 3. The molecule has 17 heavy (non-hydrogen) atoms. The standard InChI is InChI=1S/C14H24N2O/c1-3-4-9-17-10-5-7-15-11-14-12-16-8-6-13(14)2/h6,8,12,15H,3-5,7,9-11H2,1-2H3. The van der Waals surface area contributed by atoms with E-state index in [9.17, 15) is 0 Å². The Morgan fingerprint density at radius 3 is 2.88 bits per heavy atom. The molecular weight excluding hydrogens is 212 g/mol. The maximum Gasteiger partial charge on any atom is 0.0478 e. The molecule has 0 bridgehead atoms. The minimum atomic E-state index is 0.860. The van der Waals surface area contributed by atoms with Crippen molar-refractivity contribution < 1.29 is 4.74 Å². The molecule has 0 unspecified atom stereocenters. The van der Waals surface area contributed by atoms with E-state index in [2.05, 4.69) is 24.1 Å². The van der Waals surface area contributed by atoms with Crippen LogP contribution in [0.15, 0.2) is 18.5 Å². The molecule has 0 aliphatic rings. The lowest BCUT2D eigenvalue weighted by atomic mass is 10.1. The van der Waals surface area contributed by atoms with Crippen LogP contribution in [0.1, 0.15) is 37.3 Å². The van der Waals surface area contributed by atoms with Crippen molar-refractivity contribution in [3.63, 3.8) is 0 Å². The van der Waals surface area contributed by atoms with Crippen molar-refractivity contribution in [3.8, 4) is 0 Å². The monoisotopic (exact) mass is 236 g/mol. The van der Waals surface area contributed by atoms with Crippen LogP contribution in [-0.2, 0) is 11.3 Å². The summed E-state index contributed by atoms with van der Waals surface area (Å²) in [6, 6.07) is 2.05. The fourth-order valence-corrected chi connectivity index (χ4v) is 1.55. The molecule has 3 nitrogen and oxygen atoms in total. The Morgan fingerprint density at radius 2 is 2.12 bits per heavy atom. The second kappa shape index (κ2) is 9.14. The van der Waals surface area contributed by atoms with Crippen molar-refractivity contribution in [2.24, 2.45) is 0 Å². The van der Waals surface area contributed by atoms with Gasteiger partial charge < -0.3 is 10.1 Å². The van der Waals surface area contributed by atoms with Gasteiger partial charge in [-0.15, -0.1) is 0 Å². The molecule has 0 saturated heterocycles. The van der Waals surface area contributed by atoms with Gasteiger partial charge in [0.25, 0.3) is 0 Å². The van der Waals surface area contributed by atoms with Gasteiger partial charge in [-0.25, -0.2) is 0 Å². The molecule has 1 rings (SSSR count). The van der Waals surface area contributed by atoms with Crippen LogP contribution in [-0.4, -0.2) is 24.7 Å². The highest BCUT2D eigenvalue weighted by Crippen LogP contribution is 2.03. The van der Waals surface area contributed by atoms with E-state index in [-0.39, 0.29) is 0 Å². The summed E-state index contributed by atoms with van der Waals surface area (Å²) in [5.74, 6) is 0. The lowest BCUT2D eigenvalue weighted by Gasteiger charge is -2.07. The summed E-state index contributed by atoms with van der Waals surface area (Å²) in [5.41, 5.74) is 2.58. The Labute approximate surface area is 105 Å². The largest absolute Gasteiger partial charge is 0.381 e. The molecule has 0 atom stereocenters. The first-order chi connectivity index (χ1) is 8.34. The number of pyridine rings is 1. The number of nitrogens with zero attached hydrogens (tertiary/aromatic N) is 1. The molecule has 0 spiro atoms. The maximum absolute atomic E-state index is 5.50. The lowest BCUT2D eigenvalue weighted by Crippen LogP contribution is -2.17. The lowest BCUT2D eigenvalue weighted by molar-refractivity contribution is 0.129. The predicted molar refractivity (Wildman–Crippen MR) is 71.0 cm³/mol. The summed E-state index contributed by atoms with van der Waals surface area (Å²) in [6.07, 6.45) is 7.21. The normalized spacial score (nSPS) is 10.7. The molecule has 0 radical (unpaired) electrons. The molecule has 1 heterocycles. The molecule has 0 saturated carbocycles. The molecule has 0 aromatic carbocycles. The van der Waals surface area contributed by atoms with Crippen molar-refractivity contribution in [2.45, 2.75) is 39.7 Å². The zero-order valence-corrected chi connectivity index (χ0v) is 11.0.